The first kappa shape index (κ1) is 20.8. The molecule has 1 saturated heterocycles. The highest BCUT2D eigenvalue weighted by molar-refractivity contribution is 6.07. The van der Waals surface area contributed by atoms with Gasteiger partial charge in [-0.25, -0.2) is 8.78 Å². The van der Waals surface area contributed by atoms with Crippen molar-refractivity contribution in [2.75, 3.05) is 20.8 Å². The summed E-state index contributed by atoms with van der Waals surface area (Å²) in [7, 11) is 3.02. The van der Waals surface area contributed by atoms with Crippen LogP contribution in [0.5, 0.6) is 11.5 Å². The fourth-order valence-corrected chi connectivity index (χ4v) is 4.81. The Bertz CT molecular complexity index is 948. The second-order valence-electron chi connectivity index (χ2n) is 8.29. The van der Waals surface area contributed by atoms with Crippen molar-refractivity contribution in [2.45, 2.75) is 50.4 Å². The van der Waals surface area contributed by atoms with Gasteiger partial charge in [0.15, 0.2) is 17.2 Å². The van der Waals surface area contributed by atoms with Gasteiger partial charge in [0.05, 0.1) is 14.2 Å². The smallest absolute Gasteiger partial charge is 0.200 e. The minimum Gasteiger partial charge on any atom is -0.493 e. The second-order valence-corrected chi connectivity index (χ2v) is 8.29. The Hall–Kier alpha value is -2.47. The first-order valence-corrected chi connectivity index (χ1v) is 10.4. The molecule has 1 fully saturated rings. The van der Waals surface area contributed by atoms with Gasteiger partial charge in [-0.05, 0) is 54.8 Å². The van der Waals surface area contributed by atoms with Crippen LogP contribution in [0.2, 0.25) is 0 Å². The van der Waals surface area contributed by atoms with Crippen LogP contribution in [0, 0.1) is 5.82 Å². The lowest BCUT2D eigenvalue weighted by Gasteiger charge is -2.38. The van der Waals surface area contributed by atoms with Gasteiger partial charge in [0, 0.05) is 31.0 Å². The van der Waals surface area contributed by atoms with Crippen LogP contribution in [-0.4, -0.2) is 43.2 Å². The average Bonchev–Trinajstić information content (AvgIpc) is 2.98. The van der Waals surface area contributed by atoms with Gasteiger partial charge in [0.25, 0.3) is 0 Å². The van der Waals surface area contributed by atoms with E-state index in [4.69, 9.17) is 9.47 Å². The molecule has 6 heteroatoms. The van der Waals surface area contributed by atoms with Crippen molar-refractivity contribution in [3.05, 3.63) is 58.9 Å². The third kappa shape index (κ3) is 3.93. The number of carbonyl (C=O) groups excluding carboxylic acids is 1. The molecular formula is C24H27F2NO3. The van der Waals surface area contributed by atoms with Crippen LogP contribution < -0.4 is 9.47 Å². The molecule has 1 aliphatic heterocycles. The number of ether oxygens (including phenoxy) is 2. The highest BCUT2D eigenvalue weighted by atomic mass is 19.1. The molecule has 0 aromatic heterocycles. The van der Waals surface area contributed by atoms with Gasteiger partial charge in [0.2, 0.25) is 5.78 Å². The number of ketones is 1. The van der Waals surface area contributed by atoms with E-state index >= 15 is 4.39 Å². The monoisotopic (exact) mass is 415 g/mol. The van der Waals surface area contributed by atoms with Crippen LogP contribution >= 0.6 is 0 Å². The SMILES string of the molecule is COc1cc2c(cc1OC)C(=O)C(F)(CC1CCCCN1Cc1cccc(F)c1)C2. The highest BCUT2D eigenvalue weighted by Crippen LogP contribution is 2.43. The van der Waals surface area contributed by atoms with Crippen LogP contribution in [0.15, 0.2) is 36.4 Å². The summed E-state index contributed by atoms with van der Waals surface area (Å²) in [6.07, 6.45) is 3.04. The molecule has 1 aliphatic carbocycles. The molecule has 0 spiro atoms. The standard InChI is InChI=1S/C24H27F2NO3/c1-29-21-11-17-13-24(26,23(28)20(17)12-22(21)30-2)14-19-8-3-4-9-27(19)15-16-6-5-7-18(25)10-16/h5-7,10-12,19H,3-4,8-9,13-15H2,1-2H3. The molecule has 2 atom stereocenters. The summed E-state index contributed by atoms with van der Waals surface area (Å²) >= 11 is 0. The Morgan fingerprint density at radius 2 is 1.90 bits per heavy atom. The predicted octanol–water partition coefficient (Wildman–Crippen LogP) is 4.73. The molecule has 160 valence electrons. The quantitative estimate of drug-likeness (QED) is 0.684. The number of carbonyl (C=O) groups is 1. The van der Waals surface area contributed by atoms with Crippen LogP contribution in [0.4, 0.5) is 8.78 Å². The van der Waals surface area contributed by atoms with E-state index in [0.717, 1.165) is 31.4 Å². The minimum absolute atomic E-state index is 0.0474. The number of nitrogens with zero attached hydrogens (tertiary/aromatic N) is 1. The second kappa shape index (κ2) is 8.34. The number of fused-ring (bicyclic) bond motifs is 1. The third-order valence-electron chi connectivity index (χ3n) is 6.31. The molecule has 0 N–H and O–H groups in total. The van der Waals surface area contributed by atoms with Crippen LogP contribution in [0.3, 0.4) is 0 Å². The van der Waals surface area contributed by atoms with E-state index in [1.807, 2.05) is 6.07 Å². The summed E-state index contributed by atoms with van der Waals surface area (Å²) in [5.74, 6) is 0.181. The number of likely N-dealkylation sites (tertiary alicyclic amines) is 1. The Labute approximate surface area is 175 Å². The molecule has 2 aliphatic rings. The van der Waals surface area contributed by atoms with Crippen LogP contribution in [-0.2, 0) is 13.0 Å². The van der Waals surface area contributed by atoms with E-state index in [1.165, 1.54) is 26.4 Å². The summed E-state index contributed by atoms with van der Waals surface area (Å²) in [4.78, 5) is 15.2. The molecule has 0 saturated carbocycles. The number of alkyl halides is 1. The molecule has 0 bridgehead atoms. The van der Waals surface area contributed by atoms with E-state index in [-0.39, 0.29) is 24.7 Å². The normalized spacial score (nSPS) is 24.0. The van der Waals surface area contributed by atoms with Gasteiger partial charge in [-0.1, -0.05) is 18.6 Å². The molecule has 2 aromatic rings. The zero-order valence-electron chi connectivity index (χ0n) is 17.4. The molecule has 30 heavy (non-hydrogen) atoms. The van der Waals surface area contributed by atoms with Gasteiger partial charge in [-0.15, -0.1) is 0 Å². The van der Waals surface area contributed by atoms with E-state index < -0.39 is 11.5 Å². The fraction of sp³-hybridized carbons (Fsp3) is 0.458. The lowest BCUT2D eigenvalue weighted by molar-refractivity contribution is 0.0478. The predicted molar refractivity (Wildman–Crippen MR) is 110 cm³/mol. The van der Waals surface area contributed by atoms with Gasteiger partial charge in [0.1, 0.15) is 5.82 Å². The highest BCUT2D eigenvalue weighted by Gasteiger charge is 2.48. The maximum atomic E-state index is 16.0. The third-order valence-corrected chi connectivity index (χ3v) is 6.31. The molecule has 2 aromatic carbocycles. The molecule has 0 amide bonds. The number of rotatable bonds is 6. The minimum atomic E-state index is -1.94. The Morgan fingerprint density at radius 3 is 2.63 bits per heavy atom. The Morgan fingerprint density at radius 1 is 1.13 bits per heavy atom. The zero-order chi connectivity index (χ0) is 21.3. The van der Waals surface area contributed by atoms with Crippen molar-refractivity contribution in [2.24, 2.45) is 0 Å². The maximum absolute atomic E-state index is 16.0. The molecule has 4 nitrogen and oxygen atoms in total. The lowest BCUT2D eigenvalue weighted by atomic mass is 9.87. The van der Waals surface area contributed by atoms with Crippen molar-refractivity contribution in [1.82, 2.24) is 4.90 Å². The molecular weight excluding hydrogens is 388 g/mol. The Balaban J connectivity index is 1.54. The maximum Gasteiger partial charge on any atom is 0.200 e. The number of piperidine rings is 1. The molecule has 0 radical (unpaired) electrons. The number of benzene rings is 2. The van der Waals surface area contributed by atoms with E-state index in [1.54, 1.807) is 18.2 Å². The molecule has 2 unspecified atom stereocenters. The van der Waals surface area contributed by atoms with Crippen LogP contribution in [0.25, 0.3) is 0 Å². The summed E-state index contributed by atoms with van der Waals surface area (Å²) in [5.41, 5.74) is -0.0392. The number of hydrogen-bond acceptors (Lipinski definition) is 4. The summed E-state index contributed by atoms with van der Waals surface area (Å²) in [5, 5.41) is 0. The van der Waals surface area contributed by atoms with Gasteiger partial charge in [-0.2, -0.15) is 0 Å². The van der Waals surface area contributed by atoms with E-state index in [2.05, 4.69) is 4.90 Å². The van der Waals surface area contributed by atoms with E-state index in [0.29, 0.717) is 29.2 Å². The molecule has 4 rings (SSSR count). The number of hydrogen-bond donors (Lipinski definition) is 0. The number of methoxy groups -OCH3 is 2. The van der Waals surface area contributed by atoms with Crippen molar-refractivity contribution >= 4 is 5.78 Å². The van der Waals surface area contributed by atoms with Gasteiger partial charge in [-0.3, -0.25) is 9.69 Å². The van der Waals surface area contributed by atoms with E-state index in [9.17, 15) is 9.18 Å². The average molecular weight is 415 g/mol. The summed E-state index contributed by atoms with van der Waals surface area (Å²) in [6, 6.07) is 9.75. The summed E-state index contributed by atoms with van der Waals surface area (Å²) < 4.78 is 40.2. The van der Waals surface area contributed by atoms with Crippen molar-refractivity contribution < 1.29 is 23.0 Å². The Kier molecular flexibility index (Phi) is 5.78. The van der Waals surface area contributed by atoms with Crippen LogP contribution in [0.1, 0.15) is 47.2 Å². The van der Waals surface area contributed by atoms with Crippen molar-refractivity contribution in [1.29, 1.82) is 0 Å². The fourth-order valence-electron chi connectivity index (χ4n) is 4.81. The first-order chi connectivity index (χ1) is 14.4. The topological polar surface area (TPSA) is 38.8 Å². The first-order valence-electron chi connectivity index (χ1n) is 10.4. The van der Waals surface area contributed by atoms with Crippen molar-refractivity contribution in [3.8, 4) is 11.5 Å². The lowest BCUT2D eigenvalue weighted by Crippen LogP contribution is -2.45. The van der Waals surface area contributed by atoms with Gasteiger partial charge >= 0.3 is 0 Å². The molecule has 1 heterocycles. The summed E-state index contributed by atoms with van der Waals surface area (Å²) in [6.45, 7) is 1.38. The number of halogens is 2. The van der Waals surface area contributed by atoms with Gasteiger partial charge < -0.3 is 9.47 Å². The zero-order valence-corrected chi connectivity index (χ0v) is 17.4. The number of Topliss-reactive ketones (excluding diaryl/α,β-unsaturated/α-hetero) is 1. The largest absolute Gasteiger partial charge is 0.493 e. The van der Waals surface area contributed by atoms with Crippen molar-refractivity contribution in [3.63, 3.8) is 0 Å².